The van der Waals surface area contributed by atoms with Crippen LogP contribution in [0.4, 0.5) is 4.39 Å². The fourth-order valence-corrected chi connectivity index (χ4v) is 6.03. The van der Waals surface area contributed by atoms with Crippen LogP contribution in [0.1, 0.15) is 29.9 Å². The Labute approximate surface area is 174 Å². The van der Waals surface area contributed by atoms with Gasteiger partial charge in [0, 0.05) is 34.4 Å². The molecule has 0 amide bonds. The second-order valence-corrected chi connectivity index (χ2v) is 9.50. The molecule has 7 heteroatoms. The third-order valence-electron chi connectivity index (χ3n) is 5.70. The number of aromatic nitrogens is 2. The van der Waals surface area contributed by atoms with Crippen molar-refractivity contribution in [2.75, 3.05) is 0 Å². The molecule has 5 nitrogen and oxygen atoms in total. The van der Waals surface area contributed by atoms with Crippen LogP contribution in [0.15, 0.2) is 65.7 Å². The van der Waals surface area contributed by atoms with Gasteiger partial charge >= 0.3 is 0 Å². The van der Waals surface area contributed by atoms with Crippen LogP contribution in [-0.4, -0.2) is 22.7 Å². The molecule has 152 valence electrons. The molecule has 1 N–H and O–H groups in total. The van der Waals surface area contributed by atoms with E-state index in [9.17, 15) is 12.8 Å². The molecule has 2 aromatic carbocycles. The van der Waals surface area contributed by atoms with Crippen LogP contribution < -0.4 is 0 Å². The molecule has 0 aliphatic carbocycles. The Bertz CT molecular complexity index is 1390. The van der Waals surface area contributed by atoms with Crippen LogP contribution in [0.2, 0.25) is 0 Å². The van der Waals surface area contributed by atoms with E-state index in [0.717, 1.165) is 33.5 Å². The maximum Gasteiger partial charge on any atom is 0.244 e. The van der Waals surface area contributed by atoms with Gasteiger partial charge in [-0.3, -0.25) is 4.98 Å². The van der Waals surface area contributed by atoms with E-state index in [1.807, 2.05) is 50.4 Å². The minimum atomic E-state index is -3.60. The highest BCUT2D eigenvalue weighted by molar-refractivity contribution is 7.89. The summed E-state index contributed by atoms with van der Waals surface area (Å²) in [5.41, 5.74) is 4.85. The van der Waals surface area contributed by atoms with Gasteiger partial charge in [-0.15, -0.1) is 0 Å². The maximum absolute atomic E-state index is 13.5. The van der Waals surface area contributed by atoms with Gasteiger partial charge in [0.15, 0.2) is 0 Å². The molecule has 0 unspecified atom stereocenters. The summed E-state index contributed by atoms with van der Waals surface area (Å²) in [7, 11) is -3.60. The van der Waals surface area contributed by atoms with E-state index < -0.39 is 10.0 Å². The molecular weight excluding hydrogens is 401 g/mol. The van der Waals surface area contributed by atoms with E-state index >= 15 is 0 Å². The number of halogens is 1. The van der Waals surface area contributed by atoms with Crippen LogP contribution in [0.5, 0.6) is 0 Å². The number of benzene rings is 2. The topological polar surface area (TPSA) is 66.1 Å². The quantitative estimate of drug-likeness (QED) is 0.509. The zero-order valence-electron chi connectivity index (χ0n) is 16.6. The van der Waals surface area contributed by atoms with Crippen molar-refractivity contribution >= 4 is 20.9 Å². The van der Waals surface area contributed by atoms with Gasteiger partial charge in [-0.05, 0) is 67.4 Å². The molecule has 0 spiro atoms. The van der Waals surface area contributed by atoms with Crippen LogP contribution in [0.3, 0.4) is 0 Å². The predicted octanol–water partition coefficient (Wildman–Crippen LogP) is 4.94. The highest BCUT2D eigenvalue weighted by atomic mass is 32.2. The van der Waals surface area contributed by atoms with Gasteiger partial charge in [-0.2, -0.15) is 4.31 Å². The third kappa shape index (κ3) is 2.93. The predicted molar refractivity (Wildman–Crippen MR) is 114 cm³/mol. The fourth-order valence-electron chi connectivity index (χ4n) is 4.17. The number of sulfonamides is 1. The third-order valence-corrected chi connectivity index (χ3v) is 7.69. The smallest absolute Gasteiger partial charge is 0.244 e. The lowest BCUT2D eigenvalue weighted by Crippen LogP contribution is -2.27. The zero-order valence-corrected chi connectivity index (χ0v) is 17.4. The first-order chi connectivity index (χ1) is 14.3. The lowest BCUT2D eigenvalue weighted by Gasteiger charge is -2.19. The van der Waals surface area contributed by atoms with Crippen LogP contribution in [0, 0.1) is 12.7 Å². The van der Waals surface area contributed by atoms with Gasteiger partial charge in [0.2, 0.25) is 10.0 Å². The van der Waals surface area contributed by atoms with Gasteiger partial charge in [0.25, 0.3) is 0 Å². The first-order valence-corrected chi connectivity index (χ1v) is 11.1. The number of aryl methyl sites for hydroxylation is 1. The number of nitrogens with zero attached hydrogens (tertiary/aromatic N) is 2. The van der Waals surface area contributed by atoms with Crippen molar-refractivity contribution in [3.63, 3.8) is 0 Å². The average molecular weight is 421 g/mol. The van der Waals surface area contributed by atoms with Crippen molar-refractivity contribution in [2.45, 2.75) is 31.3 Å². The molecule has 0 bridgehead atoms. The standard InChI is InChI=1S/C23H20FN3O2S/c1-14-4-3-5-18(26-14)13-27-15(2)20-10-16(6-9-23(20)30(27,28)29)21-12-25-22-11-17(24)7-8-19(21)22/h3-12,15,25H,13H2,1-2H3/t15-/m1/s1. The summed E-state index contributed by atoms with van der Waals surface area (Å²) in [6.07, 6.45) is 1.83. The van der Waals surface area contributed by atoms with Crippen molar-refractivity contribution < 1.29 is 12.8 Å². The van der Waals surface area contributed by atoms with E-state index in [2.05, 4.69) is 9.97 Å². The molecule has 1 aliphatic rings. The molecular formula is C23H20FN3O2S. The van der Waals surface area contributed by atoms with Crippen LogP contribution in [0.25, 0.3) is 22.0 Å². The minimum Gasteiger partial charge on any atom is -0.360 e. The molecule has 2 aromatic heterocycles. The van der Waals surface area contributed by atoms with E-state index in [1.54, 1.807) is 12.1 Å². The van der Waals surface area contributed by atoms with Crippen molar-refractivity contribution in [2.24, 2.45) is 0 Å². The number of nitrogens with one attached hydrogen (secondary N) is 1. The summed E-state index contributed by atoms with van der Waals surface area (Å²) >= 11 is 0. The fraction of sp³-hybridized carbons (Fsp3) is 0.174. The molecule has 0 saturated carbocycles. The van der Waals surface area contributed by atoms with E-state index in [-0.39, 0.29) is 18.4 Å². The SMILES string of the molecule is Cc1cccc(CN2[C@H](C)c3cc(-c4c[nH]c5cc(F)ccc45)ccc3S2(=O)=O)n1. The molecule has 3 heterocycles. The second kappa shape index (κ2) is 6.75. The number of hydrogen-bond donors (Lipinski definition) is 1. The number of pyridine rings is 1. The Hall–Kier alpha value is -3.03. The van der Waals surface area contributed by atoms with Crippen LogP contribution >= 0.6 is 0 Å². The first-order valence-electron chi connectivity index (χ1n) is 9.70. The van der Waals surface area contributed by atoms with Gasteiger partial charge in [0.1, 0.15) is 5.82 Å². The molecule has 4 aromatic rings. The summed E-state index contributed by atoms with van der Waals surface area (Å²) in [5.74, 6) is -0.301. The Morgan fingerprint density at radius 1 is 1.13 bits per heavy atom. The normalized spacial score (nSPS) is 18.0. The van der Waals surface area contributed by atoms with Gasteiger partial charge < -0.3 is 4.98 Å². The summed E-state index contributed by atoms with van der Waals surface area (Å²) < 4.78 is 41.4. The van der Waals surface area contributed by atoms with Crippen molar-refractivity contribution in [3.05, 3.63) is 83.6 Å². The molecule has 5 rings (SSSR count). The lowest BCUT2D eigenvalue weighted by atomic mass is 9.99. The molecule has 30 heavy (non-hydrogen) atoms. The van der Waals surface area contributed by atoms with Crippen molar-refractivity contribution in [3.8, 4) is 11.1 Å². The number of aromatic amines is 1. The molecule has 1 aliphatic heterocycles. The van der Waals surface area contributed by atoms with Gasteiger partial charge in [0.05, 0.1) is 17.1 Å². The highest BCUT2D eigenvalue weighted by Crippen LogP contribution is 2.42. The van der Waals surface area contributed by atoms with E-state index in [1.165, 1.54) is 16.4 Å². The highest BCUT2D eigenvalue weighted by Gasteiger charge is 2.40. The summed E-state index contributed by atoms with van der Waals surface area (Å²) in [5, 5.41) is 0.894. The zero-order chi connectivity index (χ0) is 21.0. The number of fused-ring (bicyclic) bond motifs is 2. The van der Waals surface area contributed by atoms with E-state index in [0.29, 0.717) is 10.4 Å². The molecule has 0 fully saturated rings. The Morgan fingerprint density at radius 3 is 2.77 bits per heavy atom. The monoisotopic (exact) mass is 421 g/mol. The summed E-state index contributed by atoms with van der Waals surface area (Å²) in [6, 6.07) is 15.3. The average Bonchev–Trinajstić information content (AvgIpc) is 3.20. The Balaban J connectivity index is 1.56. The number of H-pyrrole nitrogens is 1. The minimum absolute atomic E-state index is 0.224. The Morgan fingerprint density at radius 2 is 1.97 bits per heavy atom. The van der Waals surface area contributed by atoms with E-state index in [4.69, 9.17) is 0 Å². The lowest BCUT2D eigenvalue weighted by molar-refractivity contribution is 0.350. The van der Waals surface area contributed by atoms with Crippen LogP contribution in [-0.2, 0) is 16.6 Å². The summed E-state index contributed by atoms with van der Waals surface area (Å²) in [4.78, 5) is 7.88. The molecule has 1 atom stereocenters. The summed E-state index contributed by atoms with van der Waals surface area (Å²) in [6.45, 7) is 4.01. The Kier molecular flexibility index (Phi) is 4.27. The largest absolute Gasteiger partial charge is 0.360 e. The van der Waals surface area contributed by atoms with Gasteiger partial charge in [-0.25, -0.2) is 12.8 Å². The van der Waals surface area contributed by atoms with Gasteiger partial charge in [-0.1, -0.05) is 12.1 Å². The first kappa shape index (κ1) is 19.0. The van der Waals surface area contributed by atoms with Crippen molar-refractivity contribution in [1.82, 2.24) is 14.3 Å². The molecule has 0 radical (unpaired) electrons. The van der Waals surface area contributed by atoms with Crippen molar-refractivity contribution in [1.29, 1.82) is 0 Å². The molecule has 0 saturated heterocycles. The number of hydrogen-bond acceptors (Lipinski definition) is 3. The maximum atomic E-state index is 13.5. The number of rotatable bonds is 3. The second-order valence-electron chi connectivity index (χ2n) is 7.64.